The minimum absolute atomic E-state index is 0.401. The van der Waals surface area contributed by atoms with E-state index in [0.29, 0.717) is 5.69 Å². The number of ether oxygens (including phenoxy) is 1. The van der Waals surface area contributed by atoms with Gasteiger partial charge in [-0.05, 0) is 52.0 Å². The summed E-state index contributed by atoms with van der Waals surface area (Å²) < 4.78 is 18.3. The molecule has 2 aromatic rings. The molecule has 0 bridgehead atoms. The Bertz CT molecular complexity index is 806. The first-order valence-corrected chi connectivity index (χ1v) is 8.82. The van der Waals surface area contributed by atoms with Gasteiger partial charge in [0.15, 0.2) is 0 Å². The molecule has 2 aromatic carbocycles. The van der Waals surface area contributed by atoms with Crippen LogP contribution in [0.3, 0.4) is 0 Å². The molecule has 2 aliphatic rings. The Morgan fingerprint density at radius 2 is 1.58 bits per heavy atom. The summed E-state index contributed by atoms with van der Waals surface area (Å²) in [5.74, 6) is 1.65. The van der Waals surface area contributed by atoms with Crippen molar-refractivity contribution in [3.63, 3.8) is 0 Å². The van der Waals surface area contributed by atoms with Crippen LogP contribution >= 0.6 is 11.8 Å². The second-order valence-electron chi connectivity index (χ2n) is 7.17. The molecule has 1 fully saturated rings. The zero-order valence-electron chi connectivity index (χ0n) is 14.3. The van der Waals surface area contributed by atoms with Gasteiger partial charge < -0.3 is 19.8 Å². The lowest BCUT2D eigenvalue weighted by atomic mass is 9.77. The van der Waals surface area contributed by atoms with Gasteiger partial charge in [-0.25, -0.2) is 0 Å². The van der Waals surface area contributed by atoms with E-state index in [1.165, 1.54) is 0 Å². The molecule has 124 valence electrons. The standard InChI is InChI=1S/C18H20BNO3S/c1-17(2)18(3,4)23-19(22-17)11-9-14-16(10-12(11)20)24-15-8-6-5-7-13(15)21-14/h5-10H,20H2,1-4H3. The number of benzene rings is 2. The third-order valence-electron chi connectivity index (χ3n) is 4.95. The number of anilines is 1. The zero-order valence-corrected chi connectivity index (χ0v) is 15.1. The van der Waals surface area contributed by atoms with Crippen molar-refractivity contribution in [2.24, 2.45) is 0 Å². The van der Waals surface area contributed by atoms with Gasteiger partial charge in [-0.3, -0.25) is 0 Å². The summed E-state index contributed by atoms with van der Waals surface area (Å²) in [5.41, 5.74) is 6.96. The molecule has 0 amide bonds. The van der Waals surface area contributed by atoms with E-state index in [1.807, 2.05) is 64.1 Å². The molecule has 1 saturated heterocycles. The molecule has 0 radical (unpaired) electrons. The van der Waals surface area contributed by atoms with E-state index in [2.05, 4.69) is 0 Å². The number of fused-ring (bicyclic) bond motifs is 2. The van der Waals surface area contributed by atoms with Crippen molar-refractivity contribution < 1.29 is 14.0 Å². The Labute approximate surface area is 146 Å². The monoisotopic (exact) mass is 341 g/mol. The van der Waals surface area contributed by atoms with Gasteiger partial charge in [0.25, 0.3) is 0 Å². The maximum Gasteiger partial charge on any atom is 0.497 e. The lowest BCUT2D eigenvalue weighted by Crippen LogP contribution is -2.41. The molecular weight excluding hydrogens is 321 g/mol. The van der Waals surface area contributed by atoms with E-state index in [4.69, 9.17) is 19.8 Å². The van der Waals surface area contributed by atoms with Crippen LogP contribution in [0.5, 0.6) is 11.5 Å². The molecule has 0 aliphatic carbocycles. The minimum Gasteiger partial charge on any atom is -0.455 e. The molecule has 24 heavy (non-hydrogen) atoms. The average Bonchev–Trinajstić information content (AvgIpc) is 2.72. The molecule has 0 saturated carbocycles. The lowest BCUT2D eigenvalue weighted by molar-refractivity contribution is 0.00578. The van der Waals surface area contributed by atoms with Crippen LogP contribution in [0.15, 0.2) is 46.2 Å². The molecule has 0 atom stereocenters. The van der Waals surface area contributed by atoms with Gasteiger partial charge in [-0.1, -0.05) is 23.9 Å². The number of rotatable bonds is 1. The van der Waals surface area contributed by atoms with E-state index in [1.54, 1.807) is 11.8 Å². The molecule has 0 spiro atoms. The van der Waals surface area contributed by atoms with Crippen molar-refractivity contribution in [2.75, 3.05) is 5.73 Å². The smallest absolute Gasteiger partial charge is 0.455 e. The first-order chi connectivity index (χ1) is 11.3. The summed E-state index contributed by atoms with van der Waals surface area (Å²) in [6, 6.07) is 11.9. The molecule has 2 N–H and O–H groups in total. The minimum atomic E-state index is -0.494. The van der Waals surface area contributed by atoms with Crippen LogP contribution in [0.25, 0.3) is 0 Å². The van der Waals surface area contributed by atoms with Crippen LogP contribution in [-0.4, -0.2) is 18.3 Å². The highest BCUT2D eigenvalue weighted by molar-refractivity contribution is 7.99. The summed E-state index contributed by atoms with van der Waals surface area (Å²) in [6.45, 7) is 8.13. The van der Waals surface area contributed by atoms with Crippen molar-refractivity contribution >= 4 is 30.0 Å². The Balaban J connectivity index is 1.71. The number of nitrogens with two attached hydrogens (primary N) is 1. The normalized spacial score (nSPS) is 20.2. The Kier molecular flexibility index (Phi) is 3.43. The summed E-state index contributed by atoms with van der Waals surface area (Å²) in [7, 11) is -0.494. The summed E-state index contributed by atoms with van der Waals surface area (Å²) in [5, 5.41) is 0. The molecular formula is C18H20BNO3S. The predicted octanol–water partition coefficient (Wildman–Crippen LogP) is 3.82. The molecule has 0 unspecified atom stereocenters. The van der Waals surface area contributed by atoms with Gasteiger partial charge in [0, 0.05) is 11.2 Å². The largest absolute Gasteiger partial charge is 0.497 e. The SMILES string of the molecule is CC1(C)OB(c2cc3c(cc2N)Sc2ccccc2O3)OC1(C)C. The van der Waals surface area contributed by atoms with Crippen LogP contribution in [0.1, 0.15) is 27.7 Å². The summed E-state index contributed by atoms with van der Waals surface area (Å²) >= 11 is 1.66. The highest BCUT2D eigenvalue weighted by Crippen LogP contribution is 2.47. The third-order valence-corrected chi connectivity index (χ3v) is 6.04. The summed E-state index contributed by atoms with van der Waals surface area (Å²) in [4.78, 5) is 2.10. The van der Waals surface area contributed by atoms with Crippen molar-refractivity contribution in [3.05, 3.63) is 36.4 Å². The topological polar surface area (TPSA) is 53.7 Å². The van der Waals surface area contributed by atoms with Crippen LogP contribution in [0, 0.1) is 0 Å². The van der Waals surface area contributed by atoms with Crippen LogP contribution in [0.2, 0.25) is 0 Å². The van der Waals surface area contributed by atoms with Crippen LogP contribution < -0.4 is 15.9 Å². The molecule has 2 aliphatic heterocycles. The van der Waals surface area contributed by atoms with E-state index in [-0.39, 0.29) is 0 Å². The highest BCUT2D eigenvalue weighted by Gasteiger charge is 2.52. The van der Waals surface area contributed by atoms with Gasteiger partial charge in [0.2, 0.25) is 0 Å². The van der Waals surface area contributed by atoms with Gasteiger partial charge in [0.1, 0.15) is 11.5 Å². The van der Waals surface area contributed by atoms with E-state index < -0.39 is 18.3 Å². The maximum absolute atomic E-state index is 6.29. The summed E-state index contributed by atoms with van der Waals surface area (Å²) in [6.07, 6.45) is 0. The number of hydrogen-bond acceptors (Lipinski definition) is 5. The van der Waals surface area contributed by atoms with Crippen LogP contribution in [0.4, 0.5) is 5.69 Å². The molecule has 4 rings (SSSR count). The third kappa shape index (κ3) is 2.41. The van der Waals surface area contributed by atoms with Crippen LogP contribution in [-0.2, 0) is 9.31 Å². The molecule has 6 heteroatoms. The number of nitrogen functional groups attached to an aromatic ring is 1. The van der Waals surface area contributed by atoms with Gasteiger partial charge >= 0.3 is 7.12 Å². The van der Waals surface area contributed by atoms with Crippen molar-refractivity contribution in [1.29, 1.82) is 0 Å². The van der Waals surface area contributed by atoms with E-state index >= 15 is 0 Å². The Hall–Kier alpha value is -1.63. The maximum atomic E-state index is 6.29. The molecule has 4 nitrogen and oxygen atoms in total. The lowest BCUT2D eigenvalue weighted by Gasteiger charge is -2.32. The van der Waals surface area contributed by atoms with Gasteiger partial charge in [0.05, 0.1) is 21.0 Å². The van der Waals surface area contributed by atoms with Gasteiger partial charge in [-0.2, -0.15) is 0 Å². The fourth-order valence-corrected chi connectivity index (χ4v) is 3.76. The number of hydrogen-bond donors (Lipinski definition) is 1. The first kappa shape index (κ1) is 15.9. The van der Waals surface area contributed by atoms with Crippen molar-refractivity contribution in [3.8, 4) is 11.5 Å². The second-order valence-corrected chi connectivity index (χ2v) is 8.25. The van der Waals surface area contributed by atoms with Crippen molar-refractivity contribution in [1.82, 2.24) is 0 Å². The first-order valence-electron chi connectivity index (χ1n) is 8.01. The quantitative estimate of drug-likeness (QED) is 0.539. The van der Waals surface area contributed by atoms with E-state index in [9.17, 15) is 0 Å². The molecule has 0 aromatic heterocycles. The zero-order chi connectivity index (χ0) is 17.1. The predicted molar refractivity (Wildman–Crippen MR) is 97.2 cm³/mol. The average molecular weight is 341 g/mol. The van der Waals surface area contributed by atoms with Crippen molar-refractivity contribution in [2.45, 2.75) is 48.7 Å². The Morgan fingerprint density at radius 1 is 0.917 bits per heavy atom. The highest BCUT2D eigenvalue weighted by atomic mass is 32.2. The second kappa shape index (κ2) is 5.18. The van der Waals surface area contributed by atoms with E-state index in [0.717, 1.165) is 26.8 Å². The Morgan fingerprint density at radius 3 is 2.29 bits per heavy atom. The fourth-order valence-electron chi connectivity index (χ4n) is 2.78. The van der Waals surface area contributed by atoms with Gasteiger partial charge in [-0.15, -0.1) is 0 Å². The number of para-hydroxylation sites is 1. The fraction of sp³-hybridized carbons (Fsp3) is 0.333. The molecule has 2 heterocycles.